The topological polar surface area (TPSA) is 115 Å². The number of rotatable bonds is 7. The molecule has 0 aromatic heterocycles. The second-order valence-electron chi connectivity index (χ2n) is 9.77. The van der Waals surface area contributed by atoms with Gasteiger partial charge in [-0.3, -0.25) is 14.5 Å². The summed E-state index contributed by atoms with van der Waals surface area (Å²) in [5.41, 5.74) is 2.72. The van der Waals surface area contributed by atoms with Gasteiger partial charge in [0.15, 0.2) is 5.17 Å². The largest absolute Gasteiger partial charge is 0.507 e. The van der Waals surface area contributed by atoms with E-state index in [1.54, 1.807) is 42.5 Å². The van der Waals surface area contributed by atoms with E-state index < -0.39 is 17.8 Å². The Labute approximate surface area is 241 Å². The molecule has 1 amide bonds. The standard InChI is InChI=1S/C30H29FN4O5S/c1-34-11-13-35(14-12-34)27(29(38)39)18-3-7-22(8-4-18)32-30-33-28(37)26(41-30)16-20-15-19(5-9-24(20)36)23-17-21(31)6-10-25(23)40-2/h3-10,15-17,27,36H,11-14H2,1-2H3,(H,38,39)(H,32,33,37). The first-order valence-electron chi connectivity index (χ1n) is 12.9. The van der Waals surface area contributed by atoms with Crippen LogP contribution in [-0.4, -0.2) is 77.4 Å². The lowest BCUT2D eigenvalue weighted by Gasteiger charge is -2.36. The zero-order valence-electron chi connectivity index (χ0n) is 22.5. The van der Waals surface area contributed by atoms with Crippen LogP contribution in [-0.2, 0) is 9.59 Å². The van der Waals surface area contributed by atoms with Crippen molar-refractivity contribution in [1.29, 1.82) is 0 Å². The maximum atomic E-state index is 13.9. The summed E-state index contributed by atoms with van der Waals surface area (Å²) in [5.74, 6) is -1.27. The predicted octanol–water partition coefficient (Wildman–Crippen LogP) is 4.47. The van der Waals surface area contributed by atoms with E-state index >= 15 is 0 Å². The Bertz CT molecular complexity index is 1530. The first-order chi connectivity index (χ1) is 19.7. The van der Waals surface area contributed by atoms with Gasteiger partial charge in [-0.25, -0.2) is 9.38 Å². The number of carboxylic acid groups (broad SMARTS) is 1. The third-order valence-corrected chi connectivity index (χ3v) is 7.92. The summed E-state index contributed by atoms with van der Waals surface area (Å²) in [6.07, 6.45) is 1.55. The van der Waals surface area contributed by atoms with Crippen LogP contribution in [0.25, 0.3) is 17.2 Å². The number of carbonyl (C=O) groups excluding carboxylic acids is 1. The molecule has 3 aromatic carbocycles. The maximum absolute atomic E-state index is 13.9. The number of nitrogens with one attached hydrogen (secondary N) is 1. The Balaban J connectivity index is 1.34. The van der Waals surface area contributed by atoms with Gasteiger partial charge < -0.3 is 25.2 Å². The number of halogens is 1. The molecule has 212 valence electrons. The molecule has 2 fully saturated rings. The fourth-order valence-corrected chi connectivity index (χ4v) is 5.64. The summed E-state index contributed by atoms with van der Waals surface area (Å²) in [7, 11) is 3.51. The number of carbonyl (C=O) groups is 2. The number of phenols is 1. The number of hydrogen-bond acceptors (Lipinski definition) is 8. The van der Waals surface area contributed by atoms with E-state index in [4.69, 9.17) is 4.74 Å². The van der Waals surface area contributed by atoms with Crippen molar-refractivity contribution in [2.24, 2.45) is 4.99 Å². The molecular formula is C30H29FN4O5S. The number of phenolic OH excluding ortho intramolecular Hbond substituents is 1. The number of amides is 1. The molecule has 1 unspecified atom stereocenters. The van der Waals surface area contributed by atoms with E-state index in [1.165, 1.54) is 31.4 Å². The molecule has 0 bridgehead atoms. The molecule has 2 aliphatic heterocycles. The van der Waals surface area contributed by atoms with Crippen molar-refractivity contribution in [3.8, 4) is 22.6 Å². The average molecular weight is 577 g/mol. The van der Waals surface area contributed by atoms with Gasteiger partial charge in [0, 0.05) is 37.3 Å². The molecule has 3 aromatic rings. The smallest absolute Gasteiger partial charge is 0.325 e. The molecule has 2 aliphatic rings. The van der Waals surface area contributed by atoms with E-state index in [0.29, 0.717) is 56.9 Å². The summed E-state index contributed by atoms with van der Waals surface area (Å²) < 4.78 is 19.3. The van der Waals surface area contributed by atoms with Crippen molar-refractivity contribution < 1.29 is 28.9 Å². The van der Waals surface area contributed by atoms with Crippen LogP contribution < -0.4 is 10.1 Å². The number of aromatic hydroxyl groups is 1. The number of thioether (sulfide) groups is 1. The lowest BCUT2D eigenvalue weighted by molar-refractivity contribution is -0.144. The highest BCUT2D eigenvalue weighted by Gasteiger charge is 2.30. The Morgan fingerprint density at radius 3 is 2.51 bits per heavy atom. The second kappa shape index (κ2) is 12.1. The molecular weight excluding hydrogens is 547 g/mol. The lowest BCUT2D eigenvalue weighted by Crippen LogP contribution is -2.47. The molecule has 11 heteroatoms. The van der Waals surface area contributed by atoms with Crippen LogP contribution in [0, 0.1) is 5.82 Å². The first-order valence-corrected chi connectivity index (χ1v) is 13.8. The van der Waals surface area contributed by atoms with Gasteiger partial charge in [0.2, 0.25) is 0 Å². The summed E-state index contributed by atoms with van der Waals surface area (Å²) in [6, 6.07) is 15.2. The lowest BCUT2D eigenvalue weighted by atomic mass is 10.0. The number of ether oxygens (including phenoxy) is 1. The minimum atomic E-state index is -0.898. The number of carboxylic acids is 1. The molecule has 1 atom stereocenters. The normalized spacial score (nSPS) is 19.0. The number of piperazine rings is 1. The molecule has 41 heavy (non-hydrogen) atoms. The first kappa shape index (κ1) is 28.3. The van der Waals surface area contributed by atoms with E-state index in [1.807, 2.05) is 11.9 Å². The third-order valence-electron chi connectivity index (χ3n) is 7.01. The van der Waals surface area contributed by atoms with Crippen molar-refractivity contribution in [1.82, 2.24) is 15.1 Å². The van der Waals surface area contributed by atoms with Crippen molar-refractivity contribution in [3.05, 3.63) is 82.5 Å². The number of nitrogens with zero attached hydrogens (tertiary/aromatic N) is 3. The molecule has 3 N–H and O–H groups in total. The number of aliphatic carboxylic acids is 1. The number of likely N-dealkylation sites (N-methyl/N-ethyl adjacent to an activating group) is 1. The molecule has 9 nitrogen and oxygen atoms in total. The zero-order valence-corrected chi connectivity index (χ0v) is 23.3. The molecule has 5 rings (SSSR count). The summed E-state index contributed by atoms with van der Waals surface area (Å²) in [6.45, 7) is 2.96. The van der Waals surface area contributed by atoms with E-state index in [9.17, 15) is 24.2 Å². The van der Waals surface area contributed by atoms with Crippen LogP contribution in [0.2, 0.25) is 0 Å². The highest BCUT2D eigenvalue weighted by molar-refractivity contribution is 8.18. The van der Waals surface area contributed by atoms with Crippen LogP contribution in [0.4, 0.5) is 10.1 Å². The van der Waals surface area contributed by atoms with Gasteiger partial charge in [-0.15, -0.1) is 0 Å². The van der Waals surface area contributed by atoms with Crippen LogP contribution in [0.15, 0.2) is 70.6 Å². The van der Waals surface area contributed by atoms with Crippen LogP contribution in [0.3, 0.4) is 0 Å². The van der Waals surface area contributed by atoms with E-state index in [0.717, 1.165) is 24.9 Å². The summed E-state index contributed by atoms with van der Waals surface area (Å²) in [4.78, 5) is 33.7. The van der Waals surface area contributed by atoms with E-state index in [2.05, 4.69) is 15.2 Å². The van der Waals surface area contributed by atoms with Gasteiger partial charge >= 0.3 is 5.97 Å². The molecule has 0 radical (unpaired) electrons. The Hall–Kier alpha value is -4.19. The highest BCUT2D eigenvalue weighted by atomic mass is 32.2. The zero-order chi connectivity index (χ0) is 29.1. The monoisotopic (exact) mass is 576 g/mol. The summed E-state index contributed by atoms with van der Waals surface area (Å²) >= 11 is 1.11. The SMILES string of the molecule is COc1ccc(F)cc1-c1ccc(O)c(C=C2SC(=Nc3ccc(C(C(=O)O)N4CCN(C)CC4)cc3)NC2=O)c1. The third kappa shape index (κ3) is 6.43. The average Bonchev–Trinajstić information content (AvgIpc) is 3.29. The van der Waals surface area contributed by atoms with Crippen molar-refractivity contribution >= 4 is 40.6 Å². The molecule has 2 saturated heterocycles. The van der Waals surface area contributed by atoms with Gasteiger partial charge in [0.05, 0.1) is 17.7 Å². The number of amidine groups is 1. The van der Waals surface area contributed by atoms with Crippen molar-refractivity contribution in [2.75, 3.05) is 40.3 Å². The van der Waals surface area contributed by atoms with Crippen LogP contribution >= 0.6 is 11.8 Å². The molecule has 2 heterocycles. The predicted molar refractivity (Wildman–Crippen MR) is 157 cm³/mol. The van der Waals surface area contributed by atoms with Crippen molar-refractivity contribution in [2.45, 2.75) is 6.04 Å². The molecule has 0 spiro atoms. The minimum absolute atomic E-state index is 0.0423. The number of methoxy groups -OCH3 is 1. The second-order valence-corrected chi connectivity index (χ2v) is 10.8. The minimum Gasteiger partial charge on any atom is -0.507 e. The van der Waals surface area contributed by atoms with E-state index in [-0.39, 0.29) is 11.7 Å². The molecule has 0 saturated carbocycles. The maximum Gasteiger partial charge on any atom is 0.325 e. The van der Waals surface area contributed by atoms with Crippen molar-refractivity contribution in [3.63, 3.8) is 0 Å². The summed E-state index contributed by atoms with van der Waals surface area (Å²) in [5, 5.41) is 23.4. The van der Waals surface area contributed by atoms with Gasteiger partial charge in [-0.05, 0) is 78.5 Å². The highest BCUT2D eigenvalue weighted by Crippen LogP contribution is 2.36. The molecule has 0 aliphatic carbocycles. The Kier molecular flexibility index (Phi) is 8.39. The van der Waals surface area contributed by atoms with Gasteiger partial charge in [0.1, 0.15) is 23.4 Å². The van der Waals surface area contributed by atoms with Crippen LogP contribution in [0.1, 0.15) is 17.2 Å². The fourth-order valence-electron chi connectivity index (χ4n) is 4.80. The number of aliphatic imine (C=N–C) groups is 1. The number of hydrogen-bond donors (Lipinski definition) is 3. The number of benzene rings is 3. The Morgan fingerprint density at radius 2 is 1.83 bits per heavy atom. The Morgan fingerprint density at radius 1 is 1.10 bits per heavy atom. The van der Waals surface area contributed by atoms with Gasteiger partial charge in [-0.1, -0.05) is 18.2 Å². The van der Waals surface area contributed by atoms with Crippen LogP contribution in [0.5, 0.6) is 11.5 Å². The van der Waals surface area contributed by atoms with Gasteiger partial charge in [-0.2, -0.15) is 0 Å². The quantitative estimate of drug-likeness (QED) is 0.353. The van der Waals surface area contributed by atoms with Gasteiger partial charge in [0.25, 0.3) is 5.91 Å². The fraction of sp³-hybridized carbons (Fsp3) is 0.233.